The van der Waals surface area contributed by atoms with Crippen LogP contribution in [0.2, 0.25) is 0 Å². The summed E-state index contributed by atoms with van der Waals surface area (Å²) in [5.74, 6) is 0.347. The van der Waals surface area contributed by atoms with Gasteiger partial charge in [-0.15, -0.1) is 0 Å². The Morgan fingerprint density at radius 2 is 1.87 bits per heavy atom. The summed E-state index contributed by atoms with van der Waals surface area (Å²) in [7, 11) is 0. The molecule has 30 heavy (non-hydrogen) atoms. The van der Waals surface area contributed by atoms with E-state index in [1.807, 2.05) is 44.2 Å². The molecule has 2 N–H and O–H groups in total. The minimum absolute atomic E-state index is 0.0156. The molecule has 0 aliphatic heterocycles. The molecule has 1 aromatic carbocycles. The van der Waals surface area contributed by atoms with Crippen LogP contribution in [-0.4, -0.2) is 46.3 Å². The number of unbranched alkanes of at least 4 members (excludes halogenated alkanes) is 1. The van der Waals surface area contributed by atoms with Crippen LogP contribution in [0.3, 0.4) is 0 Å². The average Bonchev–Trinajstić information content (AvgIpc) is 3.10. The predicted molar refractivity (Wildman–Crippen MR) is 121 cm³/mol. The molecule has 0 saturated carbocycles. The zero-order valence-corrected chi connectivity index (χ0v) is 19.1. The van der Waals surface area contributed by atoms with Crippen LogP contribution in [0.15, 0.2) is 30.3 Å². The van der Waals surface area contributed by atoms with E-state index in [2.05, 4.69) is 38.3 Å². The van der Waals surface area contributed by atoms with E-state index in [1.165, 1.54) is 4.90 Å². The molecule has 7 heteroatoms. The lowest BCUT2D eigenvalue weighted by molar-refractivity contribution is -0.116. The van der Waals surface area contributed by atoms with Crippen molar-refractivity contribution in [2.24, 2.45) is 0 Å². The topological polar surface area (TPSA) is 79.3 Å². The van der Waals surface area contributed by atoms with Gasteiger partial charge in [0, 0.05) is 24.6 Å². The molecule has 0 aliphatic rings. The van der Waals surface area contributed by atoms with Crippen LogP contribution in [0, 0.1) is 6.92 Å². The predicted octanol–water partition coefficient (Wildman–Crippen LogP) is 4.25. The fraction of sp³-hybridized carbons (Fsp3) is 0.522. The molecule has 0 bridgehead atoms. The minimum atomic E-state index is -0.252. The van der Waals surface area contributed by atoms with E-state index in [0.717, 1.165) is 29.8 Å². The number of nitrogens with one attached hydrogen (secondary N) is 2. The Balaban J connectivity index is 2.22. The average molecular weight is 414 g/mol. The molecule has 7 nitrogen and oxygen atoms in total. The largest absolute Gasteiger partial charge is 0.338 e. The van der Waals surface area contributed by atoms with Gasteiger partial charge in [-0.25, -0.2) is 9.48 Å². The van der Waals surface area contributed by atoms with Crippen molar-refractivity contribution in [1.82, 2.24) is 20.0 Å². The van der Waals surface area contributed by atoms with E-state index < -0.39 is 0 Å². The van der Waals surface area contributed by atoms with Crippen LogP contribution in [0.4, 0.5) is 10.6 Å². The molecule has 0 aliphatic carbocycles. The number of anilines is 1. The first kappa shape index (κ1) is 23.4. The number of carbonyl (C=O) groups is 2. The Bertz CT molecular complexity index is 867. The third kappa shape index (κ3) is 6.08. The monoisotopic (exact) mass is 413 g/mol. The van der Waals surface area contributed by atoms with Crippen LogP contribution < -0.4 is 10.6 Å². The van der Waals surface area contributed by atoms with Crippen LogP contribution in [0.1, 0.15) is 58.7 Å². The van der Waals surface area contributed by atoms with Crippen molar-refractivity contribution in [3.8, 4) is 5.69 Å². The summed E-state index contributed by atoms with van der Waals surface area (Å²) in [4.78, 5) is 26.6. The van der Waals surface area contributed by atoms with Gasteiger partial charge >= 0.3 is 6.03 Å². The van der Waals surface area contributed by atoms with Crippen LogP contribution in [0.25, 0.3) is 5.69 Å². The normalized spacial score (nSPS) is 11.3. The molecule has 0 radical (unpaired) electrons. The molecular formula is C23H35N5O2. The number of para-hydroxylation sites is 1. The molecule has 0 atom stereocenters. The maximum Gasteiger partial charge on any atom is 0.317 e. The molecule has 2 rings (SSSR count). The smallest absolute Gasteiger partial charge is 0.317 e. The second-order valence-electron chi connectivity index (χ2n) is 8.51. The Kier molecular flexibility index (Phi) is 8.03. The van der Waals surface area contributed by atoms with Gasteiger partial charge in [0.25, 0.3) is 0 Å². The van der Waals surface area contributed by atoms with Crippen molar-refractivity contribution in [3.63, 3.8) is 0 Å². The molecular weight excluding hydrogens is 378 g/mol. The number of urea groups is 1. The summed E-state index contributed by atoms with van der Waals surface area (Å²) in [5, 5.41) is 10.6. The number of aromatic nitrogens is 2. The molecule has 0 unspecified atom stereocenters. The first-order valence-electron chi connectivity index (χ1n) is 10.7. The highest BCUT2D eigenvalue weighted by Gasteiger charge is 2.23. The lowest BCUT2D eigenvalue weighted by atomic mass is 9.92. The number of likely N-dealkylation sites (N-methyl/N-ethyl adjacent to an activating group) is 1. The summed E-state index contributed by atoms with van der Waals surface area (Å²) in [5.41, 5.74) is 2.68. The van der Waals surface area contributed by atoms with Gasteiger partial charge in [-0.1, -0.05) is 52.3 Å². The first-order chi connectivity index (χ1) is 14.2. The maximum absolute atomic E-state index is 12.8. The van der Waals surface area contributed by atoms with Crippen molar-refractivity contribution < 1.29 is 9.59 Å². The first-order valence-corrected chi connectivity index (χ1v) is 10.7. The molecule has 0 spiro atoms. The third-order valence-electron chi connectivity index (χ3n) is 4.90. The number of hydrogen-bond acceptors (Lipinski definition) is 3. The van der Waals surface area contributed by atoms with Gasteiger partial charge in [-0.3, -0.25) is 4.79 Å². The molecule has 1 aromatic heterocycles. The van der Waals surface area contributed by atoms with E-state index in [-0.39, 0.29) is 23.9 Å². The number of nitrogens with zero attached hydrogens (tertiary/aromatic N) is 3. The van der Waals surface area contributed by atoms with Gasteiger partial charge in [0.2, 0.25) is 5.91 Å². The summed E-state index contributed by atoms with van der Waals surface area (Å²) in [6.45, 7) is 13.3. The third-order valence-corrected chi connectivity index (χ3v) is 4.90. The zero-order chi connectivity index (χ0) is 22.3. The summed E-state index contributed by atoms with van der Waals surface area (Å²) < 4.78 is 1.77. The zero-order valence-electron chi connectivity index (χ0n) is 19.1. The van der Waals surface area contributed by atoms with Crippen molar-refractivity contribution in [2.45, 2.75) is 59.8 Å². The highest BCUT2D eigenvalue weighted by atomic mass is 16.2. The number of hydrogen-bond donors (Lipinski definition) is 2. The van der Waals surface area contributed by atoms with Crippen molar-refractivity contribution in [1.29, 1.82) is 0 Å². The Labute approximate surface area is 179 Å². The van der Waals surface area contributed by atoms with E-state index in [1.54, 1.807) is 4.68 Å². The SMILES string of the molecule is CCCCNC(=O)N(CC)CC(=O)Nc1cc(C(C)(C)C)nn1-c1ccccc1C. The molecule has 2 aromatic rings. The van der Waals surface area contributed by atoms with Gasteiger partial charge in [0.15, 0.2) is 0 Å². The quantitative estimate of drug-likeness (QED) is 0.635. The second-order valence-corrected chi connectivity index (χ2v) is 8.51. The number of rotatable bonds is 8. The van der Waals surface area contributed by atoms with E-state index >= 15 is 0 Å². The minimum Gasteiger partial charge on any atom is -0.338 e. The number of benzene rings is 1. The van der Waals surface area contributed by atoms with Gasteiger partial charge in [0.05, 0.1) is 11.4 Å². The summed E-state index contributed by atoms with van der Waals surface area (Å²) in [6.07, 6.45) is 1.92. The molecule has 0 saturated heterocycles. The fourth-order valence-corrected chi connectivity index (χ4v) is 2.99. The number of aryl methyl sites for hydroxylation is 1. The molecule has 3 amide bonds. The Morgan fingerprint density at radius 1 is 1.17 bits per heavy atom. The second kappa shape index (κ2) is 10.3. The summed E-state index contributed by atoms with van der Waals surface area (Å²) >= 11 is 0. The highest BCUT2D eigenvalue weighted by Crippen LogP contribution is 2.27. The van der Waals surface area contributed by atoms with Gasteiger partial charge < -0.3 is 15.5 Å². The van der Waals surface area contributed by atoms with Gasteiger partial charge in [-0.05, 0) is 31.9 Å². The Morgan fingerprint density at radius 3 is 2.47 bits per heavy atom. The van der Waals surface area contributed by atoms with E-state index in [4.69, 9.17) is 5.10 Å². The van der Waals surface area contributed by atoms with Crippen LogP contribution in [0.5, 0.6) is 0 Å². The molecule has 0 fully saturated rings. The highest BCUT2D eigenvalue weighted by molar-refractivity contribution is 5.94. The Hall–Kier alpha value is -2.83. The van der Waals surface area contributed by atoms with Crippen LogP contribution >= 0.6 is 0 Å². The van der Waals surface area contributed by atoms with Gasteiger partial charge in [0.1, 0.15) is 12.4 Å². The maximum atomic E-state index is 12.8. The van der Waals surface area contributed by atoms with Crippen molar-refractivity contribution in [3.05, 3.63) is 41.6 Å². The van der Waals surface area contributed by atoms with Gasteiger partial charge in [-0.2, -0.15) is 5.10 Å². The number of carbonyl (C=O) groups excluding carboxylic acids is 2. The lowest BCUT2D eigenvalue weighted by Gasteiger charge is -2.21. The molecule has 164 valence electrons. The fourth-order valence-electron chi connectivity index (χ4n) is 2.99. The van der Waals surface area contributed by atoms with Crippen molar-refractivity contribution >= 4 is 17.8 Å². The van der Waals surface area contributed by atoms with Crippen molar-refractivity contribution in [2.75, 3.05) is 25.0 Å². The van der Waals surface area contributed by atoms with Crippen LogP contribution in [-0.2, 0) is 10.2 Å². The number of amides is 3. The van der Waals surface area contributed by atoms with E-state index in [0.29, 0.717) is 18.9 Å². The standard InChI is InChI=1S/C23H35N5O2/c1-7-9-14-24-22(30)27(8-2)16-21(29)25-20-15-19(23(4,5)6)26-28(20)18-13-11-10-12-17(18)3/h10-13,15H,7-9,14,16H2,1-6H3,(H,24,30)(H,25,29). The van der Waals surface area contributed by atoms with E-state index in [9.17, 15) is 9.59 Å². The molecule has 1 heterocycles. The lowest BCUT2D eigenvalue weighted by Crippen LogP contribution is -2.44. The summed E-state index contributed by atoms with van der Waals surface area (Å²) in [6, 6.07) is 9.60.